The number of hydroxylamine groups is 2. The highest BCUT2D eigenvalue weighted by Gasteiger charge is 2.43. The van der Waals surface area contributed by atoms with Crippen LogP contribution in [-0.4, -0.2) is 42.5 Å². The standard InChI is InChI=1S/C11H12N2O5/c14-10(15)11(16,13(17)18)5-7-6-12-9-4-2-1-3-8(7)9/h1-4,6,12,16-18H,5H2,(H,14,15). The Labute approximate surface area is 101 Å². The van der Waals surface area contributed by atoms with E-state index in [0.29, 0.717) is 10.9 Å². The fraction of sp³-hybridized carbons (Fsp3) is 0.182. The zero-order valence-corrected chi connectivity index (χ0v) is 9.24. The average molecular weight is 252 g/mol. The molecule has 0 saturated heterocycles. The summed E-state index contributed by atoms with van der Waals surface area (Å²) in [5.41, 5.74) is -1.56. The van der Waals surface area contributed by atoms with Crippen molar-refractivity contribution in [2.45, 2.75) is 12.1 Å². The maximum absolute atomic E-state index is 10.9. The Morgan fingerprint density at radius 2 is 2.00 bits per heavy atom. The van der Waals surface area contributed by atoms with Crippen molar-refractivity contribution in [1.29, 1.82) is 0 Å². The Bertz CT molecular complexity index is 580. The number of hydrogen-bond acceptors (Lipinski definition) is 5. The largest absolute Gasteiger partial charge is 0.478 e. The van der Waals surface area contributed by atoms with Crippen LogP contribution in [0.5, 0.6) is 0 Å². The van der Waals surface area contributed by atoms with Gasteiger partial charge in [0.15, 0.2) is 0 Å². The molecule has 0 bridgehead atoms. The van der Waals surface area contributed by atoms with Gasteiger partial charge in [-0.1, -0.05) is 18.2 Å². The molecule has 1 aromatic carbocycles. The molecule has 1 heterocycles. The molecule has 5 N–H and O–H groups in total. The summed E-state index contributed by atoms with van der Waals surface area (Å²) in [6.45, 7) is 0. The van der Waals surface area contributed by atoms with Crippen molar-refractivity contribution < 1.29 is 25.4 Å². The summed E-state index contributed by atoms with van der Waals surface area (Å²) in [4.78, 5) is 13.8. The lowest BCUT2D eigenvalue weighted by Gasteiger charge is -2.25. The van der Waals surface area contributed by atoms with E-state index in [1.54, 1.807) is 24.3 Å². The van der Waals surface area contributed by atoms with Crippen molar-refractivity contribution in [2.75, 3.05) is 0 Å². The van der Waals surface area contributed by atoms with E-state index in [9.17, 15) is 9.90 Å². The van der Waals surface area contributed by atoms with Crippen LogP contribution in [0.1, 0.15) is 5.56 Å². The Morgan fingerprint density at radius 3 is 2.61 bits per heavy atom. The number of aliphatic carboxylic acids is 1. The fourth-order valence-corrected chi connectivity index (χ4v) is 1.78. The molecule has 96 valence electrons. The second-order valence-electron chi connectivity index (χ2n) is 3.95. The zero-order chi connectivity index (χ0) is 13.3. The maximum atomic E-state index is 10.9. The number of para-hydroxylation sites is 1. The first kappa shape index (κ1) is 12.5. The molecule has 18 heavy (non-hydrogen) atoms. The summed E-state index contributed by atoms with van der Waals surface area (Å²) in [5, 5.41) is 36.3. The number of nitrogens with zero attached hydrogens (tertiary/aromatic N) is 1. The Kier molecular flexibility index (Phi) is 3.05. The van der Waals surface area contributed by atoms with Crippen LogP contribution in [0.2, 0.25) is 0 Å². The van der Waals surface area contributed by atoms with Crippen LogP contribution < -0.4 is 0 Å². The van der Waals surface area contributed by atoms with Gasteiger partial charge in [0.1, 0.15) is 0 Å². The minimum absolute atomic E-state index is 0.462. The molecule has 0 saturated carbocycles. The quantitative estimate of drug-likeness (QED) is 0.401. The predicted octanol–water partition coefficient (Wildman–Crippen LogP) is 0.564. The van der Waals surface area contributed by atoms with Crippen LogP contribution in [0.4, 0.5) is 0 Å². The van der Waals surface area contributed by atoms with Crippen molar-refractivity contribution in [2.24, 2.45) is 0 Å². The third kappa shape index (κ3) is 1.95. The first-order chi connectivity index (χ1) is 8.45. The normalized spacial score (nSPS) is 14.9. The predicted molar refractivity (Wildman–Crippen MR) is 60.0 cm³/mol. The summed E-state index contributed by atoms with van der Waals surface area (Å²) in [6, 6.07) is 7.09. The van der Waals surface area contributed by atoms with Gasteiger partial charge >= 0.3 is 5.97 Å². The lowest BCUT2D eigenvalue weighted by atomic mass is 10.0. The highest BCUT2D eigenvalue weighted by Crippen LogP contribution is 2.23. The van der Waals surface area contributed by atoms with Crippen LogP contribution in [0.25, 0.3) is 10.9 Å². The summed E-state index contributed by atoms with van der Waals surface area (Å²) >= 11 is 0. The van der Waals surface area contributed by atoms with Crippen molar-refractivity contribution in [3.63, 3.8) is 0 Å². The maximum Gasteiger partial charge on any atom is 0.356 e. The number of aromatic amines is 1. The van der Waals surface area contributed by atoms with Gasteiger partial charge < -0.3 is 15.2 Å². The fourth-order valence-electron chi connectivity index (χ4n) is 1.78. The number of fused-ring (bicyclic) bond motifs is 1. The van der Waals surface area contributed by atoms with Crippen LogP contribution in [0.3, 0.4) is 0 Å². The van der Waals surface area contributed by atoms with Gasteiger partial charge in [-0.15, -0.1) is 0 Å². The first-order valence-corrected chi connectivity index (χ1v) is 5.14. The number of aromatic nitrogens is 1. The number of aliphatic hydroxyl groups is 1. The third-order valence-corrected chi connectivity index (χ3v) is 2.79. The van der Waals surface area contributed by atoms with E-state index in [0.717, 1.165) is 5.52 Å². The molecule has 0 aliphatic heterocycles. The Morgan fingerprint density at radius 1 is 1.33 bits per heavy atom. The van der Waals surface area contributed by atoms with Crippen LogP contribution in [-0.2, 0) is 11.2 Å². The van der Waals surface area contributed by atoms with Crippen molar-refractivity contribution >= 4 is 16.9 Å². The highest BCUT2D eigenvalue weighted by atomic mass is 16.8. The van der Waals surface area contributed by atoms with E-state index in [-0.39, 0.29) is 0 Å². The summed E-state index contributed by atoms with van der Waals surface area (Å²) in [6.07, 6.45) is 1.04. The minimum Gasteiger partial charge on any atom is -0.478 e. The summed E-state index contributed by atoms with van der Waals surface area (Å²) in [7, 11) is 0. The van der Waals surface area contributed by atoms with Gasteiger partial charge in [0.2, 0.25) is 0 Å². The molecule has 1 aromatic heterocycles. The smallest absolute Gasteiger partial charge is 0.356 e. The van der Waals surface area contributed by atoms with Crippen molar-refractivity contribution in [3.8, 4) is 0 Å². The Hall–Kier alpha value is -1.93. The molecule has 0 aliphatic carbocycles. The monoisotopic (exact) mass is 252 g/mol. The van der Waals surface area contributed by atoms with Gasteiger partial charge in [-0.2, -0.15) is 0 Å². The van der Waals surface area contributed by atoms with Gasteiger partial charge in [-0.3, -0.25) is 10.4 Å². The van der Waals surface area contributed by atoms with Crippen LogP contribution in [0, 0.1) is 0 Å². The lowest BCUT2D eigenvalue weighted by molar-refractivity contribution is -0.402. The molecule has 0 spiro atoms. The number of rotatable bonds is 4. The minimum atomic E-state index is -2.79. The number of carbonyl (C=O) groups is 1. The van der Waals surface area contributed by atoms with E-state index in [4.69, 9.17) is 15.5 Å². The van der Waals surface area contributed by atoms with Gasteiger partial charge in [-0.05, 0) is 16.9 Å². The highest BCUT2D eigenvalue weighted by molar-refractivity contribution is 5.84. The van der Waals surface area contributed by atoms with E-state index in [2.05, 4.69) is 4.98 Å². The molecule has 2 rings (SSSR count). The second kappa shape index (κ2) is 4.39. The van der Waals surface area contributed by atoms with E-state index in [1.165, 1.54) is 6.20 Å². The number of carboxylic acids is 1. The topological polar surface area (TPSA) is 117 Å². The van der Waals surface area contributed by atoms with E-state index in [1.807, 2.05) is 0 Å². The number of nitrogens with one attached hydrogen (secondary N) is 1. The third-order valence-electron chi connectivity index (χ3n) is 2.79. The summed E-state index contributed by atoms with van der Waals surface area (Å²) in [5.74, 6) is -1.75. The number of benzene rings is 1. The lowest BCUT2D eigenvalue weighted by Crippen LogP contribution is -2.53. The molecule has 2 aromatic rings. The van der Waals surface area contributed by atoms with Crippen LogP contribution in [0.15, 0.2) is 30.5 Å². The van der Waals surface area contributed by atoms with Gasteiger partial charge in [0.25, 0.3) is 5.72 Å². The molecule has 7 heteroatoms. The molecular weight excluding hydrogens is 240 g/mol. The van der Waals surface area contributed by atoms with Gasteiger partial charge in [-0.25, -0.2) is 4.79 Å². The number of carboxylic acid groups (broad SMARTS) is 1. The zero-order valence-electron chi connectivity index (χ0n) is 9.24. The molecule has 0 fully saturated rings. The van der Waals surface area contributed by atoms with E-state index >= 15 is 0 Å². The molecule has 0 aliphatic rings. The van der Waals surface area contributed by atoms with Gasteiger partial charge in [0, 0.05) is 23.5 Å². The van der Waals surface area contributed by atoms with Crippen LogP contribution >= 0.6 is 0 Å². The van der Waals surface area contributed by atoms with Crippen molar-refractivity contribution in [1.82, 2.24) is 10.2 Å². The number of hydrogen-bond donors (Lipinski definition) is 5. The molecule has 7 nitrogen and oxygen atoms in total. The molecule has 1 unspecified atom stereocenters. The SMILES string of the molecule is O=C(O)C(O)(Cc1c[nH]c2ccccc12)N(O)O. The molecule has 0 radical (unpaired) electrons. The summed E-state index contributed by atoms with van der Waals surface area (Å²) < 4.78 is 0. The first-order valence-electron chi connectivity index (χ1n) is 5.14. The van der Waals surface area contributed by atoms with Gasteiger partial charge in [0.05, 0.1) is 0 Å². The molecule has 1 atom stereocenters. The second-order valence-corrected chi connectivity index (χ2v) is 3.95. The van der Waals surface area contributed by atoms with Crippen molar-refractivity contribution in [3.05, 3.63) is 36.0 Å². The Balaban J connectivity index is 2.41. The van der Waals surface area contributed by atoms with E-state index < -0.39 is 23.3 Å². The number of H-pyrrole nitrogens is 1. The average Bonchev–Trinajstić information content (AvgIpc) is 2.72. The molecule has 0 amide bonds. The molecular formula is C11H12N2O5.